The zero-order valence-electron chi connectivity index (χ0n) is 16.4. The number of alkyl halides is 2. The van der Waals surface area contributed by atoms with Crippen molar-refractivity contribution in [1.82, 2.24) is 0 Å². The summed E-state index contributed by atoms with van der Waals surface area (Å²) in [5.41, 5.74) is 0.488. The molecule has 156 valence electrons. The second kappa shape index (κ2) is 8.50. The van der Waals surface area contributed by atoms with Crippen LogP contribution >= 0.6 is 31.9 Å². The number of hydrogen-bond acceptors (Lipinski definition) is 4. The molecule has 5 nitrogen and oxygen atoms in total. The SMILES string of the molecule is CCCCCCC(=O)Oc1cccc(N2C(=O)[C@@H]3[C@H]4C[C@@H]([C@H](Br)[C@@H]4Br)[C@@H]3C2=O)c1. The molecule has 3 aliphatic rings. The molecule has 0 aromatic heterocycles. The molecule has 1 saturated heterocycles. The van der Waals surface area contributed by atoms with Crippen molar-refractivity contribution >= 4 is 55.3 Å². The number of imide groups is 1. The van der Waals surface area contributed by atoms with E-state index < -0.39 is 0 Å². The number of amides is 2. The molecule has 2 bridgehead atoms. The van der Waals surface area contributed by atoms with E-state index in [9.17, 15) is 14.4 Å². The van der Waals surface area contributed by atoms with E-state index in [0.717, 1.165) is 32.1 Å². The molecule has 4 rings (SSSR count). The van der Waals surface area contributed by atoms with Crippen LogP contribution < -0.4 is 9.64 Å². The van der Waals surface area contributed by atoms with E-state index in [1.54, 1.807) is 24.3 Å². The van der Waals surface area contributed by atoms with Crippen molar-refractivity contribution in [3.05, 3.63) is 24.3 Å². The summed E-state index contributed by atoms with van der Waals surface area (Å²) in [4.78, 5) is 40.1. The molecular formula is C22H25Br2NO4. The molecule has 2 amide bonds. The van der Waals surface area contributed by atoms with Gasteiger partial charge in [0.1, 0.15) is 5.75 Å². The molecule has 3 fully saturated rings. The first-order valence-corrected chi connectivity index (χ1v) is 12.2. The quantitative estimate of drug-likeness (QED) is 0.167. The van der Waals surface area contributed by atoms with Crippen molar-refractivity contribution in [2.75, 3.05) is 4.90 Å². The van der Waals surface area contributed by atoms with Crippen LogP contribution in [0.2, 0.25) is 0 Å². The van der Waals surface area contributed by atoms with Gasteiger partial charge in [-0.3, -0.25) is 14.4 Å². The number of ether oxygens (including phenoxy) is 1. The Hall–Kier alpha value is -1.21. The number of benzene rings is 1. The first-order chi connectivity index (χ1) is 13.9. The average molecular weight is 527 g/mol. The minimum Gasteiger partial charge on any atom is -0.426 e. The van der Waals surface area contributed by atoms with Gasteiger partial charge in [-0.15, -0.1) is 0 Å². The molecule has 1 heterocycles. The fraction of sp³-hybridized carbons (Fsp3) is 0.591. The molecule has 2 aliphatic carbocycles. The average Bonchev–Trinajstić information content (AvgIpc) is 3.30. The number of carbonyl (C=O) groups is 3. The Morgan fingerprint density at radius 2 is 1.72 bits per heavy atom. The van der Waals surface area contributed by atoms with E-state index in [4.69, 9.17) is 4.74 Å². The van der Waals surface area contributed by atoms with Gasteiger partial charge in [-0.2, -0.15) is 0 Å². The van der Waals surface area contributed by atoms with E-state index in [-0.39, 0.29) is 51.1 Å². The maximum atomic E-state index is 13.1. The first kappa shape index (κ1) is 21.0. The van der Waals surface area contributed by atoms with Gasteiger partial charge in [0, 0.05) is 22.1 Å². The summed E-state index contributed by atoms with van der Waals surface area (Å²) >= 11 is 7.41. The molecule has 0 spiro atoms. The second-order valence-corrected chi connectivity index (χ2v) is 10.4. The van der Waals surface area contributed by atoms with Gasteiger partial charge in [0.2, 0.25) is 11.8 Å². The maximum Gasteiger partial charge on any atom is 0.311 e. The number of fused-ring (bicyclic) bond motifs is 5. The van der Waals surface area contributed by atoms with E-state index >= 15 is 0 Å². The third-order valence-electron chi connectivity index (χ3n) is 6.53. The van der Waals surface area contributed by atoms with Gasteiger partial charge in [-0.1, -0.05) is 64.1 Å². The third-order valence-corrected chi connectivity index (χ3v) is 9.74. The largest absolute Gasteiger partial charge is 0.426 e. The Morgan fingerprint density at radius 3 is 2.34 bits per heavy atom. The van der Waals surface area contributed by atoms with Crippen LogP contribution in [0.3, 0.4) is 0 Å². The molecular weight excluding hydrogens is 502 g/mol. The Morgan fingerprint density at radius 1 is 1.07 bits per heavy atom. The molecule has 6 atom stereocenters. The van der Waals surface area contributed by atoms with Crippen molar-refractivity contribution < 1.29 is 19.1 Å². The van der Waals surface area contributed by atoms with Crippen LogP contribution in [0.4, 0.5) is 5.69 Å². The van der Waals surface area contributed by atoms with Crippen LogP contribution in [0, 0.1) is 23.7 Å². The van der Waals surface area contributed by atoms with Crippen LogP contribution in [0.15, 0.2) is 24.3 Å². The topological polar surface area (TPSA) is 63.7 Å². The monoisotopic (exact) mass is 525 g/mol. The minimum atomic E-state index is -0.281. The fourth-order valence-corrected chi connectivity index (χ4v) is 7.04. The van der Waals surface area contributed by atoms with Gasteiger partial charge in [-0.05, 0) is 36.8 Å². The molecule has 0 N–H and O–H groups in total. The summed E-state index contributed by atoms with van der Waals surface area (Å²) in [7, 11) is 0. The lowest BCUT2D eigenvalue weighted by Gasteiger charge is -2.28. The number of unbranched alkanes of at least 4 members (excludes halogenated alkanes) is 3. The smallest absolute Gasteiger partial charge is 0.311 e. The highest BCUT2D eigenvalue weighted by molar-refractivity contribution is 9.12. The molecule has 0 radical (unpaired) electrons. The van der Waals surface area contributed by atoms with Crippen molar-refractivity contribution in [1.29, 1.82) is 0 Å². The second-order valence-electron chi connectivity index (χ2n) is 8.30. The van der Waals surface area contributed by atoms with Crippen molar-refractivity contribution in [3.63, 3.8) is 0 Å². The summed E-state index contributed by atoms with van der Waals surface area (Å²) in [5.74, 6) is -0.304. The lowest BCUT2D eigenvalue weighted by atomic mass is 9.81. The van der Waals surface area contributed by atoms with Crippen molar-refractivity contribution in [3.8, 4) is 5.75 Å². The maximum absolute atomic E-state index is 13.1. The molecule has 2 saturated carbocycles. The Labute approximate surface area is 187 Å². The van der Waals surface area contributed by atoms with Crippen LogP contribution in [-0.4, -0.2) is 27.4 Å². The van der Waals surface area contributed by atoms with E-state index in [1.807, 2.05) is 0 Å². The number of hydrogen-bond donors (Lipinski definition) is 0. The van der Waals surface area contributed by atoms with Crippen LogP contribution in [0.1, 0.15) is 45.4 Å². The number of rotatable bonds is 7. The van der Waals surface area contributed by atoms with Gasteiger partial charge >= 0.3 is 5.97 Å². The lowest BCUT2D eigenvalue weighted by molar-refractivity contribution is -0.134. The Kier molecular flexibility index (Phi) is 6.17. The van der Waals surface area contributed by atoms with Crippen molar-refractivity contribution in [2.24, 2.45) is 23.7 Å². The normalized spacial score (nSPS) is 32.7. The predicted octanol–water partition coefficient (Wildman–Crippen LogP) is 4.84. The van der Waals surface area contributed by atoms with Gasteiger partial charge < -0.3 is 4.74 Å². The number of esters is 1. The zero-order chi connectivity index (χ0) is 20.7. The highest BCUT2D eigenvalue weighted by Crippen LogP contribution is 2.60. The van der Waals surface area contributed by atoms with E-state index in [0.29, 0.717) is 17.9 Å². The fourth-order valence-electron chi connectivity index (χ4n) is 5.17. The summed E-state index contributed by atoms with van der Waals surface area (Å²) < 4.78 is 5.44. The summed E-state index contributed by atoms with van der Waals surface area (Å²) in [6, 6.07) is 6.76. The predicted molar refractivity (Wildman–Crippen MR) is 117 cm³/mol. The molecule has 1 aromatic rings. The van der Waals surface area contributed by atoms with Crippen molar-refractivity contribution in [2.45, 2.75) is 55.1 Å². The highest BCUT2D eigenvalue weighted by Gasteiger charge is 2.66. The molecule has 0 unspecified atom stereocenters. The Balaban J connectivity index is 1.47. The number of carbonyl (C=O) groups excluding carboxylic acids is 3. The van der Waals surface area contributed by atoms with Gasteiger partial charge in [0.25, 0.3) is 0 Å². The number of anilines is 1. The molecule has 7 heteroatoms. The third kappa shape index (κ3) is 3.69. The molecule has 29 heavy (non-hydrogen) atoms. The van der Waals surface area contributed by atoms with Crippen LogP contribution in [0.25, 0.3) is 0 Å². The standard InChI is InChI=1S/C22H25Br2NO4/c1-2-3-4-5-9-16(26)29-13-8-6-7-12(10-13)25-21(27)17-14-11-15(18(17)22(25)28)20(24)19(14)23/h6-8,10,14-15,17-20H,2-5,9,11H2,1H3/t14-,15-,17-,18+,19-,20+/m1/s1. The highest BCUT2D eigenvalue weighted by atomic mass is 79.9. The molecule has 1 aliphatic heterocycles. The van der Waals surface area contributed by atoms with E-state index in [1.165, 1.54) is 4.90 Å². The number of nitrogens with zero attached hydrogens (tertiary/aromatic N) is 1. The van der Waals surface area contributed by atoms with Crippen LogP contribution in [0.5, 0.6) is 5.75 Å². The van der Waals surface area contributed by atoms with Gasteiger partial charge in [-0.25, -0.2) is 4.90 Å². The van der Waals surface area contributed by atoms with Crippen LogP contribution in [-0.2, 0) is 14.4 Å². The lowest BCUT2D eigenvalue weighted by Crippen LogP contribution is -2.37. The minimum absolute atomic E-state index is 0.126. The number of halogens is 2. The van der Waals surface area contributed by atoms with E-state index in [2.05, 4.69) is 38.8 Å². The van der Waals surface area contributed by atoms with Gasteiger partial charge in [0.05, 0.1) is 17.5 Å². The Bertz CT molecular complexity index is 797. The summed E-state index contributed by atoms with van der Waals surface area (Å²) in [6.07, 6.45) is 5.32. The first-order valence-electron chi connectivity index (χ1n) is 10.4. The van der Waals surface area contributed by atoms with Gasteiger partial charge in [0.15, 0.2) is 0 Å². The summed E-state index contributed by atoms with van der Waals surface area (Å²) in [6.45, 7) is 2.13. The molecule has 1 aromatic carbocycles. The zero-order valence-corrected chi connectivity index (χ0v) is 19.5. The summed E-state index contributed by atoms with van der Waals surface area (Å²) in [5, 5.41) is 0.